The number of benzene rings is 1. The number of carboxylic acid groups (broad SMARTS) is 1. The van der Waals surface area contributed by atoms with E-state index in [-0.39, 0.29) is 17.6 Å². The molecule has 0 saturated heterocycles. The number of aryl methyl sites for hydroxylation is 1. The Morgan fingerprint density at radius 1 is 1.36 bits per heavy atom. The number of carbonyl (C=O) groups is 2. The number of H-pyrrole nitrogens is 1. The number of nitrogens with zero attached hydrogens (tertiary/aromatic N) is 2. The van der Waals surface area contributed by atoms with E-state index in [4.69, 9.17) is 0 Å². The molecule has 0 aliphatic carbocycles. The number of carbonyl (C=O) groups excluding carboxylic acids is 1. The van der Waals surface area contributed by atoms with E-state index in [0.29, 0.717) is 31.5 Å². The van der Waals surface area contributed by atoms with E-state index in [1.54, 1.807) is 0 Å². The van der Waals surface area contributed by atoms with Crippen LogP contribution in [0, 0.1) is 6.92 Å². The molecule has 3 N–H and O–H groups in total. The van der Waals surface area contributed by atoms with Gasteiger partial charge in [0.25, 0.3) is 0 Å². The zero-order valence-corrected chi connectivity index (χ0v) is 14.4. The van der Waals surface area contributed by atoms with Crippen molar-refractivity contribution in [2.75, 3.05) is 11.9 Å². The summed E-state index contributed by atoms with van der Waals surface area (Å²) in [6, 6.07) is 7.36. The van der Waals surface area contributed by atoms with Gasteiger partial charge in [0.2, 0.25) is 5.91 Å². The van der Waals surface area contributed by atoms with Gasteiger partial charge in [-0.2, -0.15) is 5.10 Å². The third kappa shape index (κ3) is 3.56. The van der Waals surface area contributed by atoms with Crippen LogP contribution in [0.2, 0.25) is 0 Å². The smallest absolute Gasteiger partial charge is 0.356 e. The van der Waals surface area contributed by atoms with Crippen molar-refractivity contribution in [1.82, 2.24) is 15.1 Å². The molecule has 2 aromatic rings. The number of aromatic carboxylic acids is 1. The van der Waals surface area contributed by atoms with Crippen LogP contribution in [0.3, 0.4) is 0 Å². The maximum absolute atomic E-state index is 12.7. The van der Waals surface area contributed by atoms with Gasteiger partial charge in [0.05, 0.1) is 6.04 Å². The van der Waals surface area contributed by atoms with Crippen LogP contribution in [0.25, 0.3) is 0 Å². The highest BCUT2D eigenvalue weighted by Gasteiger charge is 2.31. The largest absolute Gasteiger partial charge is 0.476 e. The molecule has 1 aromatic carbocycles. The summed E-state index contributed by atoms with van der Waals surface area (Å²) in [4.78, 5) is 26.0. The molecule has 3 rings (SSSR count). The first-order chi connectivity index (χ1) is 12.0. The number of carboxylic acids is 1. The number of aromatic nitrogens is 2. The minimum atomic E-state index is -1.04. The summed E-state index contributed by atoms with van der Waals surface area (Å²) < 4.78 is 0. The Morgan fingerprint density at radius 3 is 2.72 bits per heavy atom. The fraction of sp³-hybridized carbons (Fsp3) is 0.389. The van der Waals surface area contributed by atoms with Gasteiger partial charge in [0.15, 0.2) is 5.69 Å². The molecular formula is C18H22N4O3. The highest BCUT2D eigenvalue weighted by Crippen LogP contribution is 2.23. The van der Waals surface area contributed by atoms with E-state index in [1.807, 2.05) is 43.0 Å². The van der Waals surface area contributed by atoms with Crippen LogP contribution < -0.4 is 5.32 Å². The van der Waals surface area contributed by atoms with Gasteiger partial charge in [-0.15, -0.1) is 0 Å². The lowest BCUT2D eigenvalue weighted by atomic mass is 10.0. The Balaban J connectivity index is 1.74. The lowest BCUT2D eigenvalue weighted by Crippen LogP contribution is -2.46. The summed E-state index contributed by atoms with van der Waals surface area (Å²) in [7, 11) is 0. The number of fused-ring (bicyclic) bond motifs is 1. The third-order valence-electron chi connectivity index (χ3n) is 4.61. The monoisotopic (exact) mass is 342 g/mol. The first-order valence-electron chi connectivity index (χ1n) is 8.40. The second-order valence-electron chi connectivity index (χ2n) is 6.33. The Labute approximate surface area is 146 Å². The first kappa shape index (κ1) is 17.2. The molecule has 1 unspecified atom stereocenters. The lowest BCUT2D eigenvalue weighted by molar-refractivity contribution is -0.121. The molecule has 25 heavy (non-hydrogen) atoms. The molecule has 1 aliphatic heterocycles. The Kier molecular flexibility index (Phi) is 4.85. The maximum atomic E-state index is 12.7. The van der Waals surface area contributed by atoms with Crippen LogP contribution in [-0.4, -0.2) is 44.7 Å². The van der Waals surface area contributed by atoms with Crippen LogP contribution in [0.15, 0.2) is 24.3 Å². The fourth-order valence-corrected chi connectivity index (χ4v) is 3.23. The van der Waals surface area contributed by atoms with Crippen LogP contribution in [0.4, 0.5) is 5.69 Å². The van der Waals surface area contributed by atoms with Crippen LogP contribution >= 0.6 is 0 Å². The number of hydrogen-bond acceptors (Lipinski definition) is 4. The molecule has 2 heterocycles. The molecule has 1 amide bonds. The zero-order valence-electron chi connectivity index (χ0n) is 14.4. The highest BCUT2D eigenvalue weighted by atomic mass is 16.4. The molecule has 0 radical (unpaired) electrons. The van der Waals surface area contributed by atoms with Crippen molar-refractivity contribution in [2.24, 2.45) is 0 Å². The Hall–Kier alpha value is -2.67. The minimum Gasteiger partial charge on any atom is -0.476 e. The zero-order chi connectivity index (χ0) is 18.0. The van der Waals surface area contributed by atoms with Crippen molar-refractivity contribution in [3.8, 4) is 0 Å². The second kappa shape index (κ2) is 7.06. The molecule has 1 atom stereocenters. The summed E-state index contributed by atoms with van der Waals surface area (Å²) in [5, 5.41) is 18.9. The maximum Gasteiger partial charge on any atom is 0.356 e. The van der Waals surface area contributed by atoms with E-state index >= 15 is 0 Å². The molecule has 132 valence electrons. The number of hydrogen-bond donors (Lipinski definition) is 3. The fourth-order valence-electron chi connectivity index (χ4n) is 3.23. The van der Waals surface area contributed by atoms with Gasteiger partial charge in [-0.05, 0) is 25.5 Å². The van der Waals surface area contributed by atoms with Gasteiger partial charge in [0, 0.05) is 36.5 Å². The standard InChI is InChI=1S/C18H22N4O3/c1-3-15(17(23)19-12-6-4-11(2)5-7-12)22-9-8-14-13(10-22)16(18(24)25)21-20-14/h4-7,15H,3,8-10H2,1-2H3,(H,19,23)(H,20,21)(H,24,25). The molecule has 0 spiro atoms. The molecule has 7 nitrogen and oxygen atoms in total. The average molecular weight is 342 g/mol. The van der Waals surface area contributed by atoms with Gasteiger partial charge in [-0.1, -0.05) is 24.6 Å². The van der Waals surface area contributed by atoms with Crippen LogP contribution in [0.5, 0.6) is 0 Å². The summed E-state index contributed by atoms with van der Waals surface area (Å²) in [6.07, 6.45) is 1.30. The third-order valence-corrected chi connectivity index (χ3v) is 4.61. The normalized spacial score (nSPS) is 15.4. The molecule has 0 fully saturated rings. The van der Waals surface area contributed by atoms with E-state index in [9.17, 15) is 14.7 Å². The quantitative estimate of drug-likeness (QED) is 0.774. The van der Waals surface area contributed by atoms with Gasteiger partial charge < -0.3 is 10.4 Å². The van der Waals surface area contributed by atoms with Gasteiger partial charge in [0.1, 0.15) is 0 Å². The molecule has 0 bridgehead atoms. The van der Waals surface area contributed by atoms with E-state index in [1.165, 1.54) is 0 Å². The van der Waals surface area contributed by atoms with Crippen molar-refractivity contribution in [2.45, 2.75) is 39.3 Å². The predicted molar refractivity (Wildman–Crippen MR) is 93.5 cm³/mol. The summed E-state index contributed by atoms with van der Waals surface area (Å²) in [5.74, 6) is -1.12. The minimum absolute atomic E-state index is 0.0495. The number of rotatable bonds is 5. The van der Waals surface area contributed by atoms with Crippen molar-refractivity contribution < 1.29 is 14.7 Å². The SMILES string of the molecule is CCC(C(=O)Nc1ccc(C)cc1)N1CCc2[nH]nc(C(=O)O)c2C1. The second-order valence-corrected chi connectivity index (χ2v) is 6.33. The summed E-state index contributed by atoms with van der Waals surface area (Å²) >= 11 is 0. The van der Waals surface area contributed by atoms with E-state index < -0.39 is 5.97 Å². The number of anilines is 1. The van der Waals surface area contributed by atoms with Crippen LogP contribution in [0.1, 0.15) is 40.7 Å². The number of aromatic amines is 1. The molecular weight excluding hydrogens is 320 g/mol. The lowest BCUT2D eigenvalue weighted by Gasteiger charge is -2.33. The molecule has 1 aromatic heterocycles. The average Bonchev–Trinajstić information content (AvgIpc) is 3.01. The van der Waals surface area contributed by atoms with Gasteiger partial charge in [-0.3, -0.25) is 14.8 Å². The van der Waals surface area contributed by atoms with Crippen LogP contribution in [-0.2, 0) is 17.8 Å². The van der Waals surface area contributed by atoms with Crippen molar-refractivity contribution in [3.05, 3.63) is 46.8 Å². The number of nitrogens with one attached hydrogen (secondary N) is 2. The molecule has 1 aliphatic rings. The van der Waals surface area contributed by atoms with Crippen molar-refractivity contribution in [3.63, 3.8) is 0 Å². The Morgan fingerprint density at radius 2 is 2.08 bits per heavy atom. The van der Waals surface area contributed by atoms with E-state index in [2.05, 4.69) is 15.5 Å². The van der Waals surface area contributed by atoms with Crippen molar-refractivity contribution >= 4 is 17.6 Å². The van der Waals surface area contributed by atoms with E-state index in [0.717, 1.165) is 16.9 Å². The van der Waals surface area contributed by atoms with Crippen molar-refractivity contribution in [1.29, 1.82) is 0 Å². The topological polar surface area (TPSA) is 98.3 Å². The summed E-state index contributed by atoms with van der Waals surface area (Å²) in [5.41, 5.74) is 3.48. The molecule has 0 saturated carbocycles. The highest BCUT2D eigenvalue weighted by molar-refractivity contribution is 5.95. The Bertz CT molecular complexity index is 782. The number of amides is 1. The predicted octanol–water partition coefficient (Wildman–Crippen LogP) is 2.19. The molecule has 7 heteroatoms. The van der Waals surface area contributed by atoms with Gasteiger partial charge in [-0.25, -0.2) is 4.79 Å². The first-order valence-corrected chi connectivity index (χ1v) is 8.40. The summed E-state index contributed by atoms with van der Waals surface area (Å²) in [6.45, 7) is 5.06. The van der Waals surface area contributed by atoms with Gasteiger partial charge >= 0.3 is 5.97 Å².